The maximum Gasteiger partial charge on any atom is 0.137 e. The minimum atomic E-state index is -0.479. The second-order valence-corrected chi connectivity index (χ2v) is 5.88. The van der Waals surface area contributed by atoms with Crippen molar-refractivity contribution in [1.29, 1.82) is 0 Å². The van der Waals surface area contributed by atoms with Crippen molar-refractivity contribution in [2.45, 2.75) is 32.9 Å². The Kier molecular flexibility index (Phi) is 5.99. The monoisotopic (exact) mass is 300 g/mol. The molecule has 2 atom stereocenters. The molecular weight excluding hydrogens is 274 g/mol. The Hall–Kier alpha value is -1.84. The summed E-state index contributed by atoms with van der Waals surface area (Å²) in [6.45, 7) is 7.23. The van der Waals surface area contributed by atoms with Crippen molar-refractivity contribution in [2.75, 3.05) is 13.2 Å². The Balaban J connectivity index is 1.76. The number of aryl methyl sites for hydroxylation is 2. The summed E-state index contributed by atoms with van der Waals surface area (Å²) in [7, 11) is 0. The molecule has 3 nitrogen and oxygen atoms in total. The summed E-state index contributed by atoms with van der Waals surface area (Å²) in [5.41, 5.74) is 3.72. The average Bonchev–Trinajstić information content (AvgIpc) is 2.54. The van der Waals surface area contributed by atoms with Crippen LogP contribution in [-0.2, 0) is 0 Å². The minimum Gasteiger partial charge on any atom is -0.491 e. The van der Waals surface area contributed by atoms with Gasteiger partial charge in [-0.05, 0) is 44.0 Å². The Bertz CT molecular complexity index is 583. The van der Waals surface area contributed by atoms with Crippen LogP contribution in [0.2, 0.25) is 0 Å². The Morgan fingerprint density at radius 3 is 2.45 bits per heavy atom. The molecule has 0 unspecified atom stereocenters. The summed E-state index contributed by atoms with van der Waals surface area (Å²) in [5.74, 6) is 0.818. The molecule has 0 radical (unpaired) electrons. The summed E-state index contributed by atoms with van der Waals surface area (Å²) < 4.78 is 5.67. The van der Waals surface area contributed by atoms with Gasteiger partial charge in [-0.2, -0.15) is 0 Å². The van der Waals surface area contributed by atoms with Crippen LogP contribution < -0.4 is 10.1 Å². The first-order chi connectivity index (χ1) is 10.6. The fourth-order valence-electron chi connectivity index (χ4n) is 2.32. The van der Waals surface area contributed by atoms with E-state index in [-0.39, 0.29) is 0 Å². The number of nitrogens with two attached hydrogens (primary N) is 1. The molecule has 0 bridgehead atoms. The molecule has 0 aliphatic carbocycles. The summed E-state index contributed by atoms with van der Waals surface area (Å²) >= 11 is 0. The smallest absolute Gasteiger partial charge is 0.137 e. The van der Waals surface area contributed by atoms with Gasteiger partial charge in [-0.15, -0.1) is 0 Å². The predicted molar refractivity (Wildman–Crippen MR) is 89.1 cm³/mol. The Labute approximate surface area is 133 Å². The molecule has 118 valence electrons. The summed E-state index contributed by atoms with van der Waals surface area (Å²) in [4.78, 5) is 0. The molecule has 0 amide bonds. The first kappa shape index (κ1) is 16.5. The van der Waals surface area contributed by atoms with E-state index in [9.17, 15) is 5.11 Å². The lowest BCUT2D eigenvalue weighted by molar-refractivity contribution is -0.698. The van der Waals surface area contributed by atoms with E-state index in [2.05, 4.69) is 38.2 Å². The zero-order chi connectivity index (χ0) is 15.9. The number of benzene rings is 2. The molecule has 3 heteroatoms. The zero-order valence-corrected chi connectivity index (χ0v) is 13.6. The normalized spacial score (nSPS) is 13.6. The van der Waals surface area contributed by atoms with Crippen molar-refractivity contribution in [3.63, 3.8) is 0 Å². The average molecular weight is 300 g/mol. The van der Waals surface area contributed by atoms with Gasteiger partial charge in [-0.1, -0.05) is 36.4 Å². The molecule has 0 saturated carbocycles. The van der Waals surface area contributed by atoms with Gasteiger partial charge in [0.25, 0.3) is 0 Å². The SMILES string of the molecule is Cc1ccc(OC[C@@H](O)C[NH2+][C@@H](C)c2ccccc2)cc1C. The van der Waals surface area contributed by atoms with Crippen molar-refractivity contribution >= 4 is 0 Å². The Morgan fingerprint density at radius 2 is 1.77 bits per heavy atom. The molecule has 2 rings (SSSR count). The molecule has 0 aliphatic rings. The summed E-state index contributed by atoms with van der Waals surface area (Å²) in [6, 6.07) is 16.7. The lowest BCUT2D eigenvalue weighted by Crippen LogP contribution is -2.87. The van der Waals surface area contributed by atoms with Crippen molar-refractivity contribution < 1.29 is 15.2 Å². The van der Waals surface area contributed by atoms with Crippen LogP contribution >= 0.6 is 0 Å². The lowest BCUT2D eigenvalue weighted by atomic mass is 10.1. The lowest BCUT2D eigenvalue weighted by Gasteiger charge is -2.15. The van der Waals surface area contributed by atoms with Crippen LogP contribution in [0.1, 0.15) is 29.7 Å². The van der Waals surface area contributed by atoms with E-state index in [1.165, 1.54) is 16.7 Å². The van der Waals surface area contributed by atoms with E-state index in [0.717, 1.165) is 5.75 Å². The van der Waals surface area contributed by atoms with Crippen LogP contribution in [-0.4, -0.2) is 24.4 Å². The molecule has 0 saturated heterocycles. The first-order valence-corrected chi connectivity index (χ1v) is 7.82. The maximum absolute atomic E-state index is 10.1. The van der Waals surface area contributed by atoms with Crippen LogP contribution in [0.4, 0.5) is 0 Å². The number of hydrogen-bond acceptors (Lipinski definition) is 2. The molecule has 3 N–H and O–H groups in total. The minimum absolute atomic E-state index is 0.320. The summed E-state index contributed by atoms with van der Waals surface area (Å²) in [5, 5.41) is 12.2. The van der Waals surface area contributed by atoms with Crippen LogP contribution in [0, 0.1) is 13.8 Å². The highest BCUT2D eigenvalue weighted by atomic mass is 16.5. The molecular formula is C19H26NO2+. The fraction of sp³-hybridized carbons (Fsp3) is 0.368. The quantitative estimate of drug-likeness (QED) is 0.824. The van der Waals surface area contributed by atoms with E-state index in [0.29, 0.717) is 19.2 Å². The zero-order valence-electron chi connectivity index (χ0n) is 13.6. The topological polar surface area (TPSA) is 46.1 Å². The largest absolute Gasteiger partial charge is 0.491 e. The van der Waals surface area contributed by atoms with E-state index >= 15 is 0 Å². The molecule has 2 aromatic rings. The van der Waals surface area contributed by atoms with Crippen molar-refractivity contribution in [3.8, 4) is 5.75 Å². The Morgan fingerprint density at radius 1 is 1.05 bits per heavy atom. The molecule has 0 heterocycles. The number of rotatable bonds is 7. The maximum atomic E-state index is 10.1. The molecule has 22 heavy (non-hydrogen) atoms. The second-order valence-electron chi connectivity index (χ2n) is 5.88. The third-order valence-electron chi connectivity index (χ3n) is 4.01. The predicted octanol–water partition coefficient (Wildman–Crippen LogP) is 2.37. The number of quaternary nitrogens is 1. The molecule has 0 spiro atoms. The fourth-order valence-corrected chi connectivity index (χ4v) is 2.32. The van der Waals surface area contributed by atoms with E-state index in [1.807, 2.05) is 36.4 Å². The standard InChI is InChI=1S/C19H25NO2/c1-14-9-10-19(11-15(14)2)22-13-18(21)12-20-16(3)17-7-5-4-6-8-17/h4-11,16,18,20-21H,12-13H2,1-3H3/p+1/t16-,18-/m0/s1. The van der Waals surface area contributed by atoms with Gasteiger partial charge in [0.15, 0.2) is 0 Å². The third-order valence-corrected chi connectivity index (χ3v) is 4.01. The van der Waals surface area contributed by atoms with E-state index < -0.39 is 6.10 Å². The molecule has 0 fully saturated rings. The van der Waals surface area contributed by atoms with Gasteiger partial charge in [0.05, 0.1) is 0 Å². The van der Waals surface area contributed by atoms with Crippen LogP contribution in [0.15, 0.2) is 48.5 Å². The first-order valence-electron chi connectivity index (χ1n) is 7.82. The highest BCUT2D eigenvalue weighted by molar-refractivity contribution is 5.33. The van der Waals surface area contributed by atoms with Gasteiger partial charge in [0.2, 0.25) is 0 Å². The molecule has 0 aliphatic heterocycles. The van der Waals surface area contributed by atoms with Crippen molar-refractivity contribution in [2.24, 2.45) is 0 Å². The van der Waals surface area contributed by atoms with Gasteiger partial charge in [0.1, 0.15) is 31.0 Å². The van der Waals surface area contributed by atoms with Gasteiger partial charge in [-0.3, -0.25) is 0 Å². The van der Waals surface area contributed by atoms with Gasteiger partial charge in [0, 0.05) is 5.56 Å². The van der Waals surface area contributed by atoms with Gasteiger partial charge in [-0.25, -0.2) is 0 Å². The van der Waals surface area contributed by atoms with Crippen LogP contribution in [0.3, 0.4) is 0 Å². The van der Waals surface area contributed by atoms with Crippen LogP contribution in [0.25, 0.3) is 0 Å². The second kappa shape index (κ2) is 7.97. The van der Waals surface area contributed by atoms with Crippen molar-refractivity contribution in [3.05, 3.63) is 65.2 Å². The van der Waals surface area contributed by atoms with E-state index in [1.54, 1.807) is 0 Å². The number of aliphatic hydroxyl groups is 1. The van der Waals surface area contributed by atoms with Crippen molar-refractivity contribution in [1.82, 2.24) is 0 Å². The van der Waals surface area contributed by atoms with Crippen LogP contribution in [0.5, 0.6) is 5.75 Å². The number of ether oxygens (including phenoxy) is 1. The van der Waals surface area contributed by atoms with Gasteiger partial charge >= 0.3 is 0 Å². The van der Waals surface area contributed by atoms with E-state index in [4.69, 9.17) is 4.74 Å². The molecule has 0 aromatic heterocycles. The van der Waals surface area contributed by atoms with Gasteiger partial charge < -0.3 is 15.2 Å². The highest BCUT2D eigenvalue weighted by Gasteiger charge is 2.12. The third kappa shape index (κ3) is 4.86. The molecule has 2 aromatic carbocycles. The number of hydrogen-bond donors (Lipinski definition) is 2. The number of aliphatic hydroxyl groups excluding tert-OH is 1. The summed E-state index contributed by atoms with van der Waals surface area (Å²) in [6.07, 6.45) is -0.479. The highest BCUT2D eigenvalue weighted by Crippen LogP contribution is 2.16.